The summed E-state index contributed by atoms with van der Waals surface area (Å²) in [5.41, 5.74) is 5.70. The van der Waals surface area contributed by atoms with Gasteiger partial charge in [-0.15, -0.1) is 24.0 Å². The highest BCUT2D eigenvalue weighted by atomic mass is 127. The summed E-state index contributed by atoms with van der Waals surface area (Å²) in [6.07, 6.45) is 4.10. The molecular weight excluding hydrogens is 415 g/mol. The van der Waals surface area contributed by atoms with Gasteiger partial charge in [-0.3, -0.25) is 0 Å². The minimum Gasteiger partial charge on any atom is -0.305 e. The number of hydrogen-bond donors (Lipinski definition) is 0. The molecule has 0 fully saturated rings. The van der Waals surface area contributed by atoms with Crippen LogP contribution in [0.3, 0.4) is 0 Å². The quantitative estimate of drug-likeness (QED) is 0.498. The zero-order chi connectivity index (χ0) is 12.7. The smallest absolute Gasteiger partial charge is 0.137 e. The van der Waals surface area contributed by atoms with Crippen LogP contribution >= 0.6 is 39.9 Å². The van der Waals surface area contributed by atoms with Gasteiger partial charge in [0.25, 0.3) is 0 Å². The number of aromatic nitrogens is 2. The summed E-state index contributed by atoms with van der Waals surface area (Å²) in [6, 6.07) is 10.5. The number of aryl methyl sites for hydroxylation is 2. The Morgan fingerprint density at radius 3 is 2.63 bits per heavy atom. The summed E-state index contributed by atoms with van der Waals surface area (Å²) in [5.74, 6) is 0. The third kappa shape index (κ3) is 2.84. The van der Waals surface area contributed by atoms with E-state index in [9.17, 15) is 0 Å². The minimum absolute atomic E-state index is 0. The van der Waals surface area contributed by atoms with E-state index in [1.165, 1.54) is 16.7 Å². The van der Waals surface area contributed by atoms with E-state index in [2.05, 4.69) is 59.2 Å². The lowest BCUT2D eigenvalue weighted by molar-refractivity contribution is 1.17. The standard InChI is InChI=1S/C15H13BrN2.HI/c1-10-3-4-11(2)13(7-10)14-9-18-8-12(16)5-6-15(18)17-14;/h3-9H,1-2H3;1H. The zero-order valence-electron chi connectivity index (χ0n) is 10.7. The molecule has 0 saturated heterocycles. The Hall–Kier alpha value is -0.880. The normalized spacial score (nSPS) is 10.5. The number of benzene rings is 1. The second-order valence-electron chi connectivity index (χ2n) is 4.56. The van der Waals surface area contributed by atoms with Crippen LogP contribution in [0.25, 0.3) is 16.9 Å². The Bertz CT molecular complexity index is 734. The van der Waals surface area contributed by atoms with Crippen LogP contribution in [0.15, 0.2) is 47.2 Å². The molecule has 0 radical (unpaired) electrons. The van der Waals surface area contributed by atoms with E-state index in [4.69, 9.17) is 0 Å². The molecule has 0 atom stereocenters. The van der Waals surface area contributed by atoms with Crippen molar-refractivity contribution in [3.63, 3.8) is 0 Å². The van der Waals surface area contributed by atoms with Gasteiger partial charge in [-0.1, -0.05) is 17.7 Å². The van der Waals surface area contributed by atoms with Crippen molar-refractivity contribution < 1.29 is 0 Å². The number of halogens is 2. The molecule has 3 aromatic rings. The van der Waals surface area contributed by atoms with E-state index in [-0.39, 0.29) is 24.0 Å². The molecular formula is C15H14BrIN2. The summed E-state index contributed by atoms with van der Waals surface area (Å²) in [6.45, 7) is 4.23. The second kappa shape index (κ2) is 5.63. The lowest BCUT2D eigenvalue weighted by atomic mass is 10.0. The van der Waals surface area contributed by atoms with Crippen molar-refractivity contribution in [3.05, 3.63) is 58.3 Å². The maximum atomic E-state index is 4.67. The summed E-state index contributed by atoms with van der Waals surface area (Å²) in [4.78, 5) is 4.67. The van der Waals surface area contributed by atoms with Crippen molar-refractivity contribution in [1.29, 1.82) is 0 Å². The SMILES string of the molecule is Cc1ccc(C)c(-c2cn3cc(Br)ccc3n2)c1.I. The number of nitrogens with zero attached hydrogens (tertiary/aromatic N) is 2. The molecule has 19 heavy (non-hydrogen) atoms. The first-order valence-electron chi connectivity index (χ1n) is 5.85. The van der Waals surface area contributed by atoms with Crippen molar-refractivity contribution in [2.75, 3.05) is 0 Å². The van der Waals surface area contributed by atoms with E-state index < -0.39 is 0 Å². The van der Waals surface area contributed by atoms with Crippen LogP contribution in [0.2, 0.25) is 0 Å². The van der Waals surface area contributed by atoms with E-state index in [0.717, 1.165) is 15.8 Å². The van der Waals surface area contributed by atoms with Gasteiger partial charge < -0.3 is 4.40 Å². The number of hydrogen-bond acceptors (Lipinski definition) is 1. The van der Waals surface area contributed by atoms with Crippen molar-refractivity contribution >= 4 is 45.6 Å². The Balaban J connectivity index is 0.00000133. The maximum Gasteiger partial charge on any atom is 0.137 e. The van der Waals surface area contributed by atoms with Gasteiger partial charge in [0.2, 0.25) is 0 Å². The Kier molecular flexibility index (Phi) is 4.30. The fourth-order valence-corrected chi connectivity index (χ4v) is 2.46. The highest BCUT2D eigenvalue weighted by Gasteiger charge is 2.07. The largest absolute Gasteiger partial charge is 0.305 e. The van der Waals surface area contributed by atoms with Crippen LogP contribution < -0.4 is 0 Å². The van der Waals surface area contributed by atoms with E-state index in [1.54, 1.807) is 0 Å². The molecule has 0 aliphatic rings. The Labute approximate surface area is 138 Å². The number of fused-ring (bicyclic) bond motifs is 1. The Morgan fingerprint density at radius 1 is 1.05 bits per heavy atom. The highest BCUT2D eigenvalue weighted by molar-refractivity contribution is 14.0. The van der Waals surface area contributed by atoms with Crippen molar-refractivity contribution in [2.24, 2.45) is 0 Å². The van der Waals surface area contributed by atoms with Crippen LogP contribution in [0.5, 0.6) is 0 Å². The third-order valence-electron chi connectivity index (χ3n) is 3.08. The molecule has 3 rings (SSSR count). The lowest BCUT2D eigenvalue weighted by Crippen LogP contribution is -1.84. The van der Waals surface area contributed by atoms with Gasteiger partial charge in [0, 0.05) is 22.4 Å². The molecule has 2 nitrogen and oxygen atoms in total. The monoisotopic (exact) mass is 428 g/mol. The summed E-state index contributed by atoms with van der Waals surface area (Å²) in [7, 11) is 0. The van der Waals surface area contributed by atoms with Crippen LogP contribution in [0.4, 0.5) is 0 Å². The molecule has 0 saturated carbocycles. The average molecular weight is 429 g/mol. The molecule has 1 aromatic carbocycles. The third-order valence-corrected chi connectivity index (χ3v) is 3.55. The number of pyridine rings is 1. The average Bonchev–Trinajstić information content (AvgIpc) is 2.74. The van der Waals surface area contributed by atoms with Gasteiger partial charge in [0.05, 0.1) is 5.69 Å². The fourth-order valence-electron chi connectivity index (χ4n) is 2.11. The topological polar surface area (TPSA) is 17.3 Å². The van der Waals surface area contributed by atoms with Gasteiger partial charge in [-0.05, 0) is 53.5 Å². The second-order valence-corrected chi connectivity index (χ2v) is 5.47. The first-order valence-corrected chi connectivity index (χ1v) is 6.65. The minimum atomic E-state index is 0. The van der Waals surface area contributed by atoms with Gasteiger partial charge in [-0.2, -0.15) is 0 Å². The highest BCUT2D eigenvalue weighted by Crippen LogP contribution is 2.24. The van der Waals surface area contributed by atoms with Gasteiger partial charge in [0.15, 0.2) is 0 Å². The zero-order valence-corrected chi connectivity index (χ0v) is 14.6. The maximum absolute atomic E-state index is 4.67. The molecule has 0 unspecified atom stereocenters. The van der Waals surface area contributed by atoms with E-state index >= 15 is 0 Å². The van der Waals surface area contributed by atoms with Crippen LogP contribution in [-0.2, 0) is 0 Å². The molecule has 0 amide bonds. The first-order chi connectivity index (χ1) is 8.63. The van der Waals surface area contributed by atoms with Crippen molar-refractivity contribution in [2.45, 2.75) is 13.8 Å². The number of rotatable bonds is 1. The van der Waals surface area contributed by atoms with E-state index in [1.807, 2.05) is 22.7 Å². The predicted octanol–water partition coefficient (Wildman–Crippen LogP) is 5.00. The van der Waals surface area contributed by atoms with Crippen LogP contribution in [-0.4, -0.2) is 9.38 Å². The molecule has 2 heterocycles. The van der Waals surface area contributed by atoms with Gasteiger partial charge in [-0.25, -0.2) is 4.98 Å². The van der Waals surface area contributed by atoms with Crippen molar-refractivity contribution in [1.82, 2.24) is 9.38 Å². The molecule has 0 aliphatic heterocycles. The molecule has 0 bridgehead atoms. The Morgan fingerprint density at radius 2 is 1.84 bits per heavy atom. The van der Waals surface area contributed by atoms with Crippen molar-refractivity contribution in [3.8, 4) is 11.3 Å². The first kappa shape index (κ1) is 14.5. The molecule has 98 valence electrons. The molecule has 4 heteroatoms. The molecule has 0 spiro atoms. The predicted molar refractivity (Wildman–Crippen MR) is 93.2 cm³/mol. The number of imidazole rings is 1. The van der Waals surface area contributed by atoms with Gasteiger partial charge in [0.1, 0.15) is 5.65 Å². The molecule has 0 aliphatic carbocycles. The molecule has 0 N–H and O–H groups in total. The summed E-state index contributed by atoms with van der Waals surface area (Å²) < 4.78 is 3.10. The summed E-state index contributed by atoms with van der Waals surface area (Å²) in [5, 5.41) is 0. The summed E-state index contributed by atoms with van der Waals surface area (Å²) >= 11 is 3.48. The molecule has 2 aromatic heterocycles. The van der Waals surface area contributed by atoms with Crippen LogP contribution in [0.1, 0.15) is 11.1 Å². The van der Waals surface area contributed by atoms with Gasteiger partial charge >= 0.3 is 0 Å². The fraction of sp³-hybridized carbons (Fsp3) is 0.133. The lowest BCUT2D eigenvalue weighted by Gasteiger charge is -2.03. The van der Waals surface area contributed by atoms with Crippen LogP contribution in [0, 0.1) is 13.8 Å². The van der Waals surface area contributed by atoms with E-state index in [0.29, 0.717) is 0 Å².